The predicted octanol–water partition coefficient (Wildman–Crippen LogP) is 6.11. The van der Waals surface area contributed by atoms with Gasteiger partial charge in [-0.15, -0.1) is 11.8 Å². The van der Waals surface area contributed by atoms with Gasteiger partial charge in [0.25, 0.3) is 0 Å². The lowest BCUT2D eigenvalue weighted by Crippen LogP contribution is -2.12. The Kier molecular flexibility index (Phi) is 4.47. The molecule has 0 radical (unpaired) electrons. The smallest absolute Gasteiger partial charge is 0.130 e. The molecular weight excluding hydrogens is 407 g/mol. The normalized spacial score (nSPS) is 19.7. The van der Waals surface area contributed by atoms with Gasteiger partial charge in [-0.3, -0.25) is 0 Å². The van der Waals surface area contributed by atoms with Crippen molar-refractivity contribution in [3.63, 3.8) is 0 Å². The molecule has 0 saturated heterocycles. The Morgan fingerprint density at radius 3 is 2.77 bits per heavy atom. The second-order valence-corrected chi connectivity index (χ2v) is 9.49. The first kappa shape index (κ1) is 18.8. The molecule has 0 saturated carbocycles. The summed E-state index contributed by atoms with van der Waals surface area (Å²) in [5, 5.41) is 11.4. The molecule has 0 fully saturated rings. The Morgan fingerprint density at radius 1 is 1.10 bits per heavy atom. The average molecular weight is 429 g/mol. The van der Waals surface area contributed by atoms with Crippen molar-refractivity contribution in [1.29, 1.82) is 0 Å². The number of aromatic nitrogens is 2. The maximum Gasteiger partial charge on any atom is 0.130 e. The van der Waals surface area contributed by atoms with E-state index in [1.165, 1.54) is 5.56 Å². The molecule has 1 N–H and O–H groups in total. The van der Waals surface area contributed by atoms with Crippen LogP contribution in [-0.4, -0.2) is 14.7 Å². The molecule has 3 nitrogen and oxygen atoms in total. The summed E-state index contributed by atoms with van der Waals surface area (Å²) in [4.78, 5) is 5.26. The van der Waals surface area contributed by atoms with Crippen LogP contribution < -0.4 is 0 Å². The molecule has 154 valence electrons. The number of aliphatic hydroxyl groups excluding tert-OH is 1. The molecule has 1 aromatic heterocycles. The van der Waals surface area contributed by atoms with Crippen molar-refractivity contribution in [1.82, 2.24) is 9.55 Å². The highest BCUT2D eigenvalue weighted by molar-refractivity contribution is 7.99. The van der Waals surface area contributed by atoms with Crippen molar-refractivity contribution >= 4 is 11.8 Å². The summed E-state index contributed by atoms with van der Waals surface area (Å²) in [7, 11) is 0. The fourth-order valence-electron chi connectivity index (χ4n) is 4.90. The summed E-state index contributed by atoms with van der Waals surface area (Å²) in [6.45, 7) is 0. The van der Waals surface area contributed by atoms with Crippen molar-refractivity contribution in [2.45, 2.75) is 35.1 Å². The van der Waals surface area contributed by atoms with Crippen LogP contribution in [0.1, 0.15) is 46.1 Å². The van der Waals surface area contributed by atoms with E-state index in [9.17, 15) is 5.11 Å². The molecule has 5 heteroatoms. The Bertz CT molecular complexity index is 1270. The summed E-state index contributed by atoms with van der Waals surface area (Å²) in [5.74, 6) is -0.329. The van der Waals surface area contributed by atoms with Crippen LogP contribution in [0.5, 0.6) is 0 Å². The predicted molar refractivity (Wildman–Crippen MR) is 121 cm³/mol. The van der Waals surface area contributed by atoms with Crippen LogP contribution in [0.2, 0.25) is 0 Å². The monoisotopic (exact) mass is 428 g/mol. The first-order valence-electron chi connectivity index (χ1n) is 10.5. The second-order valence-electron chi connectivity index (χ2n) is 8.24. The van der Waals surface area contributed by atoms with Crippen LogP contribution in [0.15, 0.2) is 84.1 Å². The van der Waals surface area contributed by atoms with E-state index in [1.54, 1.807) is 24.2 Å². The van der Waals surface area contributed by atoms with Crippen LogP contribution in [0, 0.1) is 5.82 Å². The number of imidazole rings is 1. The SMILES string of the molecule is OC(CC1c2ccccc2-c2cncn21)c1cc2c(cc1F)SC(c1ccccc1)C2. The molecule has 0 amide bonds. The number of halogens is 1. The first-order valence-corrected chi connectivity index (χ1v) is 11.4. The number of thioether (sulfide) groups is 1. The Balaban J connectivity index is 1.29. The van der Waals surface area contributed by atoms with Gasteiger partial charge >= 0.3 is 0 Å². The lowest BCUT2D eigenvalue weighted by molar-refractivity contribution is 0.149. The van der Waals surface area contributed by atoms with Crippen molar-refractivity contribution in [2.75, 3.05) is 0 Å². The van der Waals surface area contributed by atoms with Gasteiger partial charge in [-0.05, 0) is 35.2 Å². The van der Waals surface area contributed by atoms with Gasteiger partial charge < -0.3 is 9.67 Å². The van der Waals surface area contributed by atoms with E-state index in [1.807, 2.05) is 42.6 Å². The van der Waals surface area contributed by atoms with Gasteiger partial charge in [0, 0.05) is 27.7 Å². The fourth-order valence-corrected chi connectivity index (χ4v) is 6.23. The maximum absolute atomic E-state index is 15.0. The standard InChI is InChI=1S/C26H21FN2OS/c27-21-12-26-17(11-25(31-26)16-6-2-1-3-7-16)10-20(21)24(30)13-22-18-8-4-5-9-19(18)23-14-28-15-29(22)23/h1-10,12,14-15,22,24-25,30H,11,13H2. The Hall–Kier alpha value is -2.89. The largest absolute Gasteiger partial charge is 0.388 e. The topological polar surface area (TPSA) is 38.1 Å². The number of hydrogen-bond donors (Lipinski definition) is 1. The number of nitrogens with zero attached hydrogens (tertiary/aromatic N) is 2. The third kappa shape index (κ3) is 3.11. The van der Waals surface area contributed by atoms with Crippen molar-refractivity contribution in [3.8, 4) is 11.3 Å². The van der Waals surface area contributed by atoms with Gasteiger partial charge in [-0.2, -0.15) is 0 Å². The maximum atomic E-state index is 15.0. The molecule has 2 aliphatic rings. The van der Waals surface area contributed by atoms with Crippen LogP contribution in [0.4, 0.5) is 4.39 Å². The molecule has 6 rings (SSSR count). The van der Waals surface area contributed by atoms with Crippen LogP contribution in [-0.2, 0) is 6.42 Å². The zero-order valence-corrected chi connectivity index (χ0v) is 17.6. The van der Waals surface area contributed by atoms with E-state index in [4.69, 9.17) is 0 Å². The van der Waals surface area contributed by atoms with Gasteiger partial charge in [0.15, 0.2) is 0 Å². The zero-order chi connectivity index (χ0) is 20.9. The van der Waals surface area contributed by atoms with Crippen LogP contribution in [0.3, 0.4) is 0 Å². The minimum Gasteiger partial charge on any atom is -0.388 e. The van der Waals surface area contributed by atoms with Crippen LogP contribution >= 0.6 is 11.8 Å². The molecule has 0 bridgehead atoms. The summed E-state index contributed by atoms with van der Waals surface area (Å²) in [5.41, 5.74) is 6.09. The minimum atomic E-state index is -0.891. The zero-order valence-electron chi connectivity index (χ0n) is 16.8. The van der Waals surface area contributed by atoms with Crippen LogP contribution in [0.25, 0.3) is 11.3 Å². The molecule has 3 unspecified atom stereocenters. The Labute approximate surface area is 184 Å². The van der Waals surface area contributed by atoms with Gasteiger partial charge in [0.05, 0.1) is 30.4 Å². The summed E-state index contributed by atoms with van der Waals surface area (Å²) >= 11 is 1.71. The summed E-state index contributed by atoms with van der Waals surface area (Å²) in [6, 6.07) is 21.9. The van der Waals surface area contributed by atoms with E-state index in [0.29, 0.717) is 17.2 Å². The molecular formula is C26H21FN2OS. The molecule has 3 heterocycles. The minimum absolute atomic E-state index is 0.0530. The molecule has 4 aromatic rings. The summed E-state index contributed by atoms with van der Waals surface area (Å²) in [6.07, 6.45) is 4.01. The van der Waals surface area contributed by atoms with Crippen molar-refractivity contribution < 1.29 is 9.50 Å². The third-order valence-corrected chi connectivity index (χ3v) is 7.79. The van der Waals surface area contributed by atoms with E-state index < -0.39 is 6.10 Å². The summed E-state index contributed by atoms with van der Waals surface area (Å²) < 4.78 is 17.1. The first-order chi connectivity index (χ1) is 15.2. The fraction of sp³-hybridized carbons (Fsp3) is 0.192. The average Bonchev–Trinajstić information content (AvgIpc) is 3.50. The van der Waals surface area contributed by atoms with Gasteiger partial charge in [0.1, 0.15) is 5.82 Å². The van der Waals surface area contributed by atoms with Crippen molar-refractivity contribution in [3.05, 3.63) is 107 Å². The number of hydrogen-bond acceptors (Lipinski definition) is 3. The highest BCUT2D eigenvalue weighted by Crippen LogP contribution is 2.48. The number of fused-ring (bicyclic) bond motifs is 4. The molecule has 0 aliphatic carbocycles. The third-order valence-electron chi connectivity index (χ3n) is 6.43. The lowest BCUT2D eigenvalue weighted by atomic mass is 9.94. The number of aliphatic hydroxyl groups is 1. The highest BCUT2D eigenvalue weighted by atomic mass is 32.2. The highest BCUT2D eigenvalue weighted by Gasteiger charge is 2.32. The molecule has 31 heavy (non-hydrogen) atoms. The molecule has 0 spiro atoms. The molecule has 2 aliphatic heterocycles. The van der Waals surface area contributed by atoms with E-state index in [-0.39, 0.29) is 11.9 Å². The molecule has 3 aromatic carbocycles. The number of rotatable bonds is 4. The quantitative estimate of drug-likeness (QED) is 0.426. The van der Waals surface area contributed by atoms with Crippen molar-refractivity contribution in [2.24, 2.45) is 0 Å². The van der Waals surface area contributed by atoms with Gasteiger partial charge in [-0.25, -0.2) is 9.37 Å². The van der Waals surface area contributed by atoms with Gasteiger partial charge in [0.2, 0.25) is 0 Å². The molecule has 3 atom stereocenters. The lowest BCUT2D eigenvalue weighted by Gasteiger charge is -2.20. The van der Waals surface area contributed by atoms with E-state index in [0.717, 1.165) is 33.7 Å². The van der Waals surface area contributed by atoms with Gasteiger partial charge in [-0.1, -0.05) is 54.6 Å². The van der Waals surface area contributed by atoms with E-state index >= 15 is 4.39 Å². The second kappa shape index (κ2) is 7.36. The number of benzene rings is 3. The van der Waals surface area contributed by atoms with E-state index in [2.05, 4.69) is 33.8 Å². The Morgan fingerprint density at radius 2 is 1.90 bits per heavy atom.